The van der Waals surface area contributed by atoms with Crippen molar-refractivity contribution in [3.05, 3.63) is 58.1 Å². The van der Waals surface area contributed by atoms with Gasteiger partial charge in [0, 0.05) is 5.02 Å². The summed E-state index contributed by atoms with van der Waals surface area (Å²) in [4.78, 5) is 22.4. The fourth-order valence-electron chi connectivity index (χ4n) is 2.08. The summed E-state index contributed by atoms with van der Waals surface area (Å²) in [5, 5.41) is 18.8. The van der Waals surface area contributed by atoms with Gasteiger partial charge in [-0.3, -0.25) is 0 Å². The van der Waals surface area contributed by atoms with Gasteiger partial charge in [-0.2, -0.15) is 0 Å². The van der Waals surface area contributed by atoms with Crippen molar-refractivity contribution >= 4 is 23.5 Å². The number of hydrogen-bond donors (Lipinski definition) is 2. The average molecular weight is 291 g/mol. The Kier molecular flexibility index (Phi) is 3.77. The third-order valence-corrected chi connectivity index (χ3v) is 3.20. The molecule has 0 unspecified atom stereocenters. The van der Waals surface area contributed by atoms with Crippen molar-refractivity contribution in [2.45, 2.75) is 6.92 Å². The van der Waals surface area contributed by atoms with Gasteiger partial charge in [0.05, 0.1) is 11.1 Å². The van der Waals surface area contributed by atoms with E-state index < -0.39 is 11.9 Å². The molecule has 0 atom stereocenters. The minimum Gasteiger partial charge on any atom is -0.478 e. The van der Waals surface area contributed by atoms with Crippen LogP contribution < -0.4 is 0 Å². The molecule has 0 saturated heterocycles. The van der Waals surface area contributed by atoms with Crippen LogP contribution in [-0.2, 0) is 0 Å². The Bertz CT molecular complexity index is 690. The molecule has 2 aromatic rings. The predicted molar refractivity (Wildman–Crippen MR) is 75.5 cm³/mol. The largest absolute Gasteiger partial charge is 0.478 e. The third kappa shape index (κ3) is 2.65. The molecule has 0 aliphatic rings. The molecule has 5 heteroatoms. The Hall–Kier alpha value is -2.33. The summed E-state index contributed by atoms with van der Waals surface area (Å²) in [6.45, 7) is 1.68. The van der Waals surface area contributed by atoms with Crippen LogP contribution in [0.15, 0.2) is 36.4 Å². The van der Waals surface area contributed by atoms with E-state index in [0.717, 1.165) is 0 Å². The quantitative estimate of drug-likeness (QED) is 0.903. The summed E-state index contributed by atoms with van der Waals surface area (Å²) in [5.41, 5.74) is 1.69. The number of halogens is 1. The standard InChI is InChI=1S/C15H11ClO4/c1-8-6-10(14(17)18)7-12(15(19)20)13(8)9-2-4-11(16)5-3-9/h2-7H,1H3,(H,17,18)(H,19,20). The van der Waals surface area contributed by atoms with Crippen LogP contribution in [0.25, 0.3) is 11.1 Å². The van der Waals surface area contributed by atoms with Crippen LogP contribution in [-0.4, -0.2) is 22.2 Å². The molecular weight excluding hydrogens is 280 g/mol. The van der Waals surface area contributed by atoms with Crippen LogP contribution in [0.2, 0.25) is 5.02 Å². The Morgan fingerprint density at radius 2 is 1.60 bits per heavy atom. The van der Waals surface area contributed by atoms with Gasteiger partial charge in [0.2, 0.25) is 0 Å². The highest BCUT2D eigenvalue weighted by Crippen LogP contribution is 2.30. The molecular formula is C15H11ClO4. The molecule has 2 N–H and O–H groups in total. The van der Waals surface area contributed by atoms with Crippen molar-refractivity contribution < 1.29 is 19.8 Å². The predicted octanol–water partition coefficient (Wildman–Crippen LogP) is 3.71. The van der Waals surface area contributed by atoms with Crippen molar-refractivity contribution in [3.8, 4) is 11.1 Å². The molecule has 0 spiro atoms. The van der Waals surface area contributed by atoms with Crippen LogP contribution in [0.3, 0.4) is 0 Å². The van der Waals surface area contributed by atoms with E-state index in [1.807, 2.05) is 0 Å². The van der Waals surface area contributed by atoms with E-state index in [2.05, 4.69) is 0 Å². The second-order valence-electron chi connectivity index (χ2n) is 4.33. The van der Waals surface area contributed by atoms with Gasteiger partial charge in [0.25, 0.3) is 0 Å². The molecule has 0 aliphatic carbocycles. The highest BCUT2D eigenvalue weighted by molar-refractivity contribution is 6.30. The molecule has 0 aromatic heterocycles. The molecule has 2 aromatic carbocycles. The molecule has 4 nitrogen and oxygen atoms in total. The Labute approximate surface area is 120 Å². The van der Waals surface area contributed by atoms with Crippen molar-refractivity contribution in [3.63, 3.8) is 0 Å². The van der Waals surface area contributed by atoms with Gasteiger partial charge in [-0.15, -0.1) is 0 Å². The molecule has 0 heterocycles. The van der Waals surface area contributed by atoms with Crippen LogP contribution >= 0.6 is 11.6 Å². The second kappa shape index (κ2) is 5.35. The van der Waals surface area contributed by atoms with Gasteiger partial charge in [0.1, 0.15) is 0 Å². The zero-order chi connectivity index (χ0) is 14.9. The van der Waals surface area contributed by atoms with E-state index in [4.69, 9.17) is 16.7 Å². The molecule has 0 radical (unpaired) electrons. The number of carboxylic acid groups (broad SMARTS) is 2. The topological polar surface area (TPSA) is 74.6 Å². The van der Waals surface area contributed by atoms with Crippen LogP contribution in [0, 0.1) is 6.92 Å². The van der Waals surface area contributed by atoms with Crippen LogP contribution in [0.5, 0.6) is 0 Å². The van der Waals surface area contributed by atoms with Gasteiger partial charge in [-0.05, 0) is 47.9 Å². The van der Waals surface area contributed by atoms with Gasteiger partial charge >= 0.3 is 11.9 Å². The van der Waals surface area contributed by atoms with Gasteiger partial charge in [-0.1, -0.05) is 23.7 Å². The Balaban J connectivity index is 2.71. The average Bonchev–Trinajstić information content (AvgIpc) is 2.39. The second-order valence-corrected chi connectivity index (χ2v) is 4.77. The van der Waals surface area contributed by atoms with E-state index in [1.165, 1.54) is 12.1 Å². The first-order valence-electron chi connectivity index (χ1n) is 5.77. The fraction of sp³-hybridized carbons (Fsp3) is 0.0667. The van der Waals surface area contributed by atoms with E-state index in [0.29, 0.717) is 21.7 Å². The summed E-state index contributed by atoms with van der Waals surface area (Å²) in [6.07, 6.45) is 0. The zero-order valence-electron chi connectivity index (χ0n) is 10.6. The molecule has 2 rings (SSSR count). The zero-order valence-corrected chi connectivity index (χ0v) is 11.3. The van der Waals surface area contributed by atoms with E-state index >= 15 is 0 Å². The SMILES string of the molecule is Cc1cc(C(=O)O)cc(C(=O)O)c1-c1ccc(Cl)cc1. The van der Waals surface area contributed by atoms with Crippen molar-refractivity contribution in [1.82, 2.24) is 0 Å². The monoisotopic (exact) mass is 290 g/mol. The lowest BCUT2D eigenvalue weighted by Gasteiger charge is -2.12. The molecule has 20 heavy (non-hydrogen) atoms. The van der Waals surface area contributed by atoms with Gasteiger partial charge in [0.15, 0.2) is 0 Å². The number of hydrogen-bond acceptors (Lipinski definition) is 2. The first-order chi connectivity index (χ1) is 9.40. The molecule has 0 aliphatic heterocycles. The Morgan fingerprint density at radius 3 is 2.10 bits per heavy atom. The highest BCUT2D eigenvalue weighted by Gasteiger charge is 2.18. The lowest BCUT2D eigenvalue weighted by atomic mass is 9.93. The number of aromatic carboxylic acids is 2. The lowest BCUT2D eigenvalue weighted by molar-refractivity contribution is 0.0696. The number of aryl methyl sites for hydroxylation is 1. The maximum absolute atomic E-state index is 11.4. The first-order valence-corrected chi connectivity index (χ1v) is 6.15. The first kappa shape index (κ1) is 14.1. The fourth-order valence-corrected chi connectivity index (χ4v) is 2.21. The van der Waals surface area contributed by atoms with Gasteiger partial charge in [-0.25, -0.2) is 9.59 Å². The number of carboxylic acids is 2. The number of rotatable bonds is 3. The van der Waals surface area contributed by atoms with Crippen molar-refractivity contribution in [1.29, 1.82) is 0 Å². The lowest BCUT2D eigenvalue weighted by Crippen LogP contribution is -2.06. The smallest absolute Gasteiger partial charge is 0.336 e. The number of carbonyl (C=O) groups is 2. The normalized spacial score (nSPS) is 10.3. The summed E-state index contributed by atoms with van der Waals surface area (Å²) in [7, 11) is 0. The molecule has 0 amide bonds. The summed E-state index contributed by atoms with van der Waals surface area (Å²) in [6, 6.07) is 9.36. The summed E-state index contributed by atoms with van der Waals surface area (Å²) in [5.74, 6) is -2.32. The van der Waals surface area contributed by atoms with Gasteiger partial charge < -0.3 is 10.2 Å². The van der Waals surface area contributed by atoms with E-state index in [1.54, 1.807) is 31.2 Å². The summed E-state index contributed by atoms with van der Waals surface area (Å²) >= 11 is 5.81. The maximum atomic E-state index is 11.4. The van der Waals surface area contributed by atoms with Crippen molar-refractivity contribution in [2.24, 2.45) is 0 Å². The van der Waals surface area contributed by atoms with Crippen LogP contribution in [0.4, 0.5) is 0 Å². The highest BCUT2D eigenvalue weighted by atomic mass is 35.5. The third-order valence-electron chi connectivity index (χ3n) is 2.95. The molecule has 102 valence electrons. The van der Waals surface area contributed by atoms with Crippen LogP contribution in [0.1, 0.15) is 26.3 Å². The van der Waals surface area contributed by atoms with E-state index in [9.17, 15) is 14.7 Å². The Morgan fingerprint density at radius 1 is 1.00 bits per heavy atom. The molecule has 0 saturated carbocycles. The maximum Gasteiger partial charge on any atom is 0.336 e. The minimum atomic E-state index is -1.17. The summed E-state index contributed by atoms with van der Waals surface area (Å²) < 4.78 is 0. The molecule has 0 fully saturated rings. The van der Waals surface area contributed by atoms with E-state index in [-0.39, 0.29) is 11.1 Å². The molecule has 0 bridgehead atoms. The number of benzene rings is 2. The van der Waals surface area contributed by atoms with Crippen molar-refractivity contribution in [2.75, 3.05) is 0 Å². The minimum absolute atomic E-state index is 0.0373.